The molecule has 1 heterocycles. The van der Waals surface area contributed by atoms with Crippen molar-refractivity contribution in [2.75, 3.05) is 6.54 Å². The molecule has 102 valence electrons. The number of benzene rings is 1. The Bertz CT molecular complexity index is 511. The molecule has 1 unspecified atom stereocenters. The highest BCUT2D eigenvalue weighted by molar-refractivity contribution is 5.59. The van der Waals surface area contributed by atoms with E-state index in [4.69, 9.17) is 5.73 Å². The summed E-state index contributed by atoms with van der Waals surface area (Å²) >= 11 is 0. The van der Waals surface area contributed by atoms with Crippen molar-refractivity contribution in [3.63, 3.8) is 0 Å². The molecule has 2 aromatic rings. The number of rotatable bonds is 5. The van der Waals surface area contributed by atoms with Gasteiger partial charge in [0.2, 0.25) is 0 Å². The van der Waals surface area contributed by atoms with E-state index in [-0.39, 0.29) is 0 Å². The molecule has 3 N–H and O–H groups in total. The Kier molecular flexibility index (Phi) is 4.38. The number of aromatic amines is 1. The van der Waals surface area contributed by atoms with Crippen molar-refractivity contribution in [2.24, 2.45) is 5.73 Å². The second-order valence-corrected chi connectivity index (χ2v) is 5.44. The van der Waals surface area contributed by atoms with Crippen molar-refractivity contribution in [3.8, 4) is 11.3 Å². The summed E-state index contributed by atoms with van der Waals surface area (Å²) in [6.07, 6.45) is 2.87. The van der Waals surface area contributed by atoms with Crippen LogP contribution < -0.4 is 5.73 Å². The molecule has 0 saturated carbocycles. The van der Waals surface area contributed by atoms with E-state index in [1.807, 2.05) is 6.20 Å². The largest absolute Gasteiger partial charge is 0.342 e. The topological polar surface area (TPSA) is 54.7 Å². The Balaban J connectivity index is 2.18. The van der Waals surface area contributed by atoms with Crippen LogP contribution in [0.5, 0.6) is 0 Å². The van der Waals surface area contributed by atoms with Crippen LogP contribution in [0.1, 0.15) is 50.4 Å². The van der Waals surface area contributed by atoms with Gasteiger partial charge in [-0.2, -0.15) is 0 Å². The average Bonchev–Trinajstić information content (AvgIpc) is 2.89. The first-order valence-corrected chi connectivity index (χ1v) is 6.97. The standard InChI is InChI=1S/C16H23N3/c1-11(2)13-4-6-14(7-5-13)15-10-18-16(19-15)12(3)8-9-17/h4-7,10-12H,8-9,17H2,1-3H3,(H,18,19). The number of nitrogens with two attached hydrogens (primary N) is 1. The number of hydrogen-bond acceptors (Lipinski definition) is 2. The van der Waals surface area contributed by atoms with Crippen LogP contribution in [0.15, 0.2) is 30.5 Å². The average molecular weight is 257 g/mol. The fraction of sp³-hybridized carbons (Fsp3) is 0.438. The highest BCUT2D eigenvalue weighted by atomic mass is 14.9. The second-order valence-electron chi connectivity index (χ2n) is 5.44. The first-order valence-electron chi connectivity index (χ1n) is 6.97. The molecule has 1 atom stereocenters. The Morgan fingerprint density at radius 1 is 1.16 bits per heavy atom. The molecule has 0 aliphatic carbocycles. The van der Waals surface area contributed by atoms with Crippen molar-refractivity contribution in [1.29, 1.82) is 0 Å². The SMILES string of the molecule is CC(C)c1ccc(-c2cnc(C(C)CCN)[nH]2)cc1. The van der Waals surface area contributed by atoms with Gasteiger partial charge in [0.1, 0.15) is 5.82 Å². The van der Waals surface area contributed by atoms with Gasteiger partial charge in [0.25, 0.3) is 0 Å². The van der Waals surface area contributed by atoms with Gasteiger partial charge in [0.05, 0.1) is 11.9 Å². The highest BCUT2D eigenvalue weighted by Crippen LogP contribution is 2.23. The fourth-order valence-electron chi connectivity index (χ4n) is 2.17. The number of imidazole rings is 1. The van der Waals surface area contributed by atoms with Gasteiger partial charge in [0.15, 0.2) is 0 Å². The van der Waals surface area contributed by atoms with E-state index in [9.17, 15) is 0 Å². The van der Waals surface area contributed by atoms with Crippen LogP contribution in [0, 0.1) is 0 Å². The summed E-state index contributed by atoms with van der Waals surface area (Å²) in [5, 5.41) is 0. The van der Waals surface area contributed by atoms with Crippen molar-refractivity contribution in [3.05, 3.63) is 41.9 Å². The molecular formula is C16H23N3. The third-order valence-electron chi connectivity index (χ3n) is 3.55. The molecule has 0 radical (unpaired) electrons. The molecule has 0 fully saturated rings. The Hall–Kier alpha value is -1.61. The molecule has 0 bridgehead atoms. The molecule has 1 aromatic carbocycles. The second kappa shape index (κ2) is 6.02. The number of nitrogens with zero attached hydrogens (tertiary/aromatic N) is 1. The van der Waals surface area contributed by atoms with E-state index in [0.717, 1.165) is 17.9 Å². The molecular weight excluding hydrogens is 234 g/mol. The summed E-state index contributed by atoms with van der Waals surface area (Å²) < 4.78 is 0. The van der Waals surface area contributed by atoms with E-state index in [2.05, 4.69) is 55.0 Å². The van der Waals surface area contributed by atoms with Crippen molar-refractivity contribution in [1.82, 2.24) is 9.97 Å². The Morgan fingerprint density at radius 2 is 1.84 bits per heavy atom. The van der Waals surface area contributed by atoms with Crippen LogP contribution in [-0.2, 0) is 0 Å². The Morgan fingerprint density at radius 3 is 2.42 bits per heavy atom. The summed E-state index contributed by atoms with van der Waals surface area (Å²) in [6, 6.07) is 8.67. The highest BCUT2D eigenvalue weighted by Gasteiger charge is 2.10. The number of hydrogen-bond donors (Lipinski definition) is 2. The molecule has 0 amide bonds. The molecule has 3 nitrogen and oxygen atoms in total. The minimum Gasteiger partial charge on any atom is -0.342 e. The molecule has 1 aromatic heterocycles. The molecule has 3 heteroatoms. The molecule has 0 aliphatic rings. The first kappa shape index (κ1) is 13.8. The third kappa shape index (κ3) is 3.24. The number of H-pyrrole nitrogens is 1. The monoisotopic (exact) mass is 257 g/mol. The zero-order valence-corrected chi connectivity index (χ0v) is 12.0. The zero-order chi connectivity index (χ0) is 13.8. The van der Waals surface area contributed by atoms with E-state index < -0.39 is 0 Å². The normalized spacial score (nSPS) is 12.9. The lowest BCUT2D eigenvalue weighted by atomic mass is 10.0. The van der Waals surface area contributed by atoms with Gasteiger partial charge in [-0.3, -0.25) is 0 Å². The molecule has 0 saturated heterocycles. The predicted octanol–water partition coefficient (Wildman–Crippen LogP) is 3.65. The summed E-state index contributed by atoms with van der Waals surface area (Å²) in [5.74, 6) is 1.97. The van der Waals surface area contributed by atoms with E-state index in [1.54, 1.807) is 0 Å². The quantitative estimate of drug-likeness (QED) is 0.859. The first-order chi connectivity index (χ1) is 9.11. The summed E-state index contributed by atoms with van der Waals surface area (Å²) in [4.78, 5) is 7.85. The third-order valence-corrected chi connectivity index (χ3v) is 3.55. The molecule has 19 heavy (non-hydrogen) atoms. The van der Waals surface area contributed by atoms with Gasteiger partial charge in [-0.25, -0.2) is 4.98 Å². The van der Waals surface area contributed by atoms with Crippen molar-refractivity contribution in [2.45, 2.75) is 39.0 Å². The minimum absolute atomic E-state index is 0.383. The van der Waals surface area contributed by atoms with Crippen LogP contribution in [0.4, 0.5) is 0 Å². The predicted molar refractivity (Wildman–Crippen MR) is 80.2 cm³/mol. The lowest BCUT2D eigenvalue weighted by Crippen LogP contribution is -2.05. The zero-order valence-electron chi connectivity index (χ0n) is 12.0. The van der Waals surface area contributed by atoms with Gasteiger partial charge in [-0.05, 0) is 30.0 Å². The summed E-state index contributed by atoms with van der Waals surface area (Å²) in [6.45, 7) is 7.26. The molecule has 0 spiro atoms. The van der Waals surface area contributed by atoms with Gasteiger partial charge in [-0.1, -0.05) is 45.0 Å². The van der Waals surface area contributed by atoms with Gasteiger partial charge in [-0.15, -0.1) is 0 Å². The van der Waals surface area contributed by atoms with Crippen molar-refractivity contribution >= 4 is 0 Å². The van der Waals surface area contributed by atoms with Crippen LogP contribution in [0.3, 0.4) is 0 Å². The Labute approximate surface area is 115 Å². The molecule has 2 rings (SSSR count). The van der Waals surface area contributed by atoms with Crippen LogP contribution in [-0.4, -0.2) is 16.5 Å². The lowest BCUT2D eigenvalue weighted by molar-refractivity contribution is 0.655. The lowest BCUT2D eigenvalue weighted by Gasteiger charge is -2.07. The van der Waals surface area contributed by atoms with E-state index >= 15 is 0 Å². The maximum atomic E-state index is 5.59. The van der Waals surface area contributed by atoms with Crippen LogP contribution in [0.2, 0.25) is 0 Å². The fourth-order valence-corrected chi connectivity index (χ4v) is 2.17. The number of nitrogens with one attached hydrogen (secondary N) is 1. The maximum absolute atomic E-state index is 5.59. The summed E-state index contributed by atoms with van der Waals surface area (Å²) in [5.41, 5.74) is 9.21. The van der Waals surface area contributed by atoms with E-state index in [0.29, 0.717) is 18.4 Å². The van der Waals surface area contributed by atoms with Crippen molar-refractivity contribution < 1.29 is 0 Å². The molecule has 0 aliphatic heterocycles. The smallest absolute Gasteiger partial charge is 0.109 e. The minimum atomic E-state index is 0.383. The van der Waals surface area contributed by atoms with Crippen LogP contribution >= 0.6 is 0 Å². The van der Waals surface area contributed by atoms with Gasteiger partial charge >= 0.3 is 0 Å². The number of aromatic nitrogens is 2. The van der Waals surface area contributed by atoms with Gasteiger partial charge in [0, 0.05) is 5.92 Å². The maximum Gasteiger partial charge on any atom is 0.109 e. The summed E-state index contributed by atoms with van der Waals surface area (Å²) in [7, 11) is 0. The van der Waals surface area contributed by atoms with Gasteiger partial charge < -0.3 is 10.7 Å². The van der Waals surface area contributed by atoms with E-state index in [1.165, 1.54) is 11.1 Å². The van der Waals surface area contributed by atoms with Crippen LogP contribution in [0.25, 0.3) is 11.3 Å².